The Kier molecular flexibility index (Phi) is 2.52. The monoisotopic (exact) mass is 211 g/mol. The summed E-state index contributed by atoms with van der Waals surface area (Å²) < 4.78 is 0. The van der Waals surface area contributed by atoms with Crippen molar-refractivity contribution in [1.29, 1.82) is 0 Å². The molecule has 1 saturated carbocycles. The molecule has 5 heteroatoms. The number of nitrogens with two attached hydrogens (primary N) is 1. The fourth-order valence-electron chi connectivity index (χ4n) is 1.36. The van der Waals surface area contributed by atoms with Gasteiger partial charge in [0.25, 0.3) is 5.91 Å². The first-order valence-electron chi connectivity index (χ1n) is 4.76. The lowest BCUT2D eigenvalue weighted by atomic mass is 10.3. The summed E-state index contributed by atoms with van der Waals surface area (Å²) in [6.07, 6.45) is 3.20. The predicted molar refractivity (Wildman–Crippen MR) is 55.1 cm³/mol. The van der Waals surface area contributed by atoms with Gasteiger partial charge in [0.05, 0.1) is 10.7 Å². The fourth-order valence-corrected chi connectivity index (χ4v) is 2.58. The Morgan fingerprint density at radius 3 is 2.93 bits per heavy atom. The molecule has 0 aromatic carbocycles. The number of hydrogen-bond donors (Lipinski definition) is 2. The molecule has 0 spiro atoms. The molecule has 1 amide bonds. The largest absolute Gasteiger partial charge is 0.289 e. The Balaban J connectivity index is 2.31. The fraction of sp³-hybridized carbons (Fsp3) is 0.556. The Bertz CT molecular complexity index is 357. The SMILES string of the molecule is CCc1nc(C2CC2)sc1C(=O)NN. The van der Waals surface area contributed by atoms with E-state index in [-0.39, 0.29) is 5.91 Å². The van der Waals surface area contributed by atoms with Crippen molar-refractivity contribution in [3.05, 3.63) is 15.6 Å². The van der Waals surface area contributed by atoms with Crippen LogP contribution < -0.4 is 11.3 Å². The summed E-state index contributed by atoms with van der Waals surface area (Å²) in [6, 6.07) is 0. The Hall–Kier alpha value is -0.940. The van der Waals surface area contributed by atoms with E-state index in [2.05, 4.69) is 10.4 Å². The second kappa shape index (κ2) is 3.67. The summed E-state index contributed by atoms with van der Waals surface area (Å²) in [5.41, 5.74) is 3.03. The first kappa shape index (κ1) is 9.61. The van der Waals surface area contributed by atoms with Crippen LogP contribution in [0.2, 0.25) is 0 Å². The molecule has 1 heterocycles. The number of nitrogen functional groups attached to an aromatic ring is 1. The van der Waals surface area contributed by atoms with Gasteiger partial charge in [0, 0.05) is 5.92 Å². The molecule has 0 saturated heterocycles. The van der Waals surface area contributed by atoms with Gasteiger partial charge in [-0.25, -0.2) is 10.8 Å². The highest BCUT2D eigenvalue weighted by molar-refractivity contribution is 7.13. The van der Waals surface area contributed by atoms with Crippen LogP contribution in [0.25, 0.3) is 0 Å². The first-order chi connectivity index (χ1) is 6.76. The van der Waals surface area contributed by atoms with Gasteiger partial charge in [0.1, 0.15) is 4.88 Å². The summed E-state index contributed by atoms with van der Waals surface area (Å²) >= 11 is 1.48. The minimum absolute atomic E-state index is 0.216. The van der Waals surface area contributed by atoms with Crippen LogP contribution in [-0.4, -0.2) is 10.9 Å². The third-order valence-corrected chi connectivity index (χ3v) is 3.57. The number of carbonyl (C=O) groups excluding carboxylic acids is 1. The number of aromatic nitrogens is 1. The zero-order valence-corrected chi connectivity index (χ0v) is 8.86. The highest BCUT2D eigenvalue weighted by atomic mass is 32.1. The maximum atomic E-state index is 11.4. The molecule has 76 valence electrons. The summed E-state index contributed by atoms with van der Waals surface area (Å²) in [6.45, 7) is 2.00. The number of hydrogen-bond acceptors (Lipinski definition) is 4. The number of hydrazine groups is 1. The zero-order chi connectivity index (χ0) is 10.1. The molecular formula is C9H13N3OS. The molecule has 1 aliphatic carbocycles. The van der Waals surface area contributed by atoms with Crippen LogP contribution >= 0.6 is 11.3 Å². The maximum absolute atomic E-state index is 11.4. The number of thiazole rings is 1. The quantitative estimate of drug-likeness (QED) is 0.448. The lowest BCUT2D eigenvalue weighted by Crippen LogP contribution is -2.30. The van der Waals surface area contributed by atoms with Gasteiger partial charge in [-0.15, -0.1) is 11.3 Å². The van der Waals surface area contributed by atoms with Gasteiger partial charge in [-0.1, -0.05) is 6.92 Å². The topological polar surface area (TPSA) is 68.0 Å². The molecule has 3 N–H and O–H groups in total. The van der Waals surface area contributed by atoms with E-state index in [1.807, 2.05) is 6.92 Å². The molecule has 1 aromatic heterocycles. The average Bonchev–Trinajstić information content (AvgIpc) is 2.97. The van der Waals surface area contributed by atoms with Crippen molar-refractivity contribution in [2.45, 2.75) is 32.1 Å². The number of nitrogens with one attached hydrogen (secondary N) is 1. The number of amides is 1. The number of carbonyl (C=O) groups is 1. The summed E-state index contributed by atoms with van der Waals surface area (Å²) in [5, 5.41) is 1.10. The summed E-state index contributed by atoms with van der Waals surface area (Å²) in [4.78, 5) is 16.5. The van der Waals surface area contributed by atoms with Crippen molar-refractivity contribution in [1.82, 2.24) is 10.4 Å². The molecule has 2 rings (SSSR count). The van der Waals surface area contributed by atoms with Crippen LogP contribution in [0, 0.1) is 0 Å². The van der Waals surface area contributed by atoms with Gasteiger partial charge >= 0.3 is 0 Å². The lowest BCUT2D eigenvalue weighted by Gasteiger charge is -1.95. The summed E-state index contributed by atoms with van der Waals surface area (Å²) in [5.74, 6) is 5.49. The van der Waals surface area contributed by atoms with Crippen molar-refractivity contribution < 1.29 is 4.79 Å². The normalized spacial score (nSPS) is 15.6. The minimum Gasteiger partial charge on any atom is -0.289 e. The molecule has 1 fully saturated rings. The van der Waals surface area contributed by atoms with E-state index in [0.717, 1.165) is 17.1 Å². The molecular weight excluding hydrogens is 198 g/mol. The molecule has 1 aliphatic rings. The van der Waals surface area contributed by atoms with E-state index < -0.39 is 0 Å². The third kappa shape index (κ3) is 1.65. The van der Waals surface area contributed by atoms with Crippen molar-refractivity contribution in [2.75, 3.05) is 0 Å². The van der Waals surface area contributed by atoms with Crippen LogP contribution in [0.3, 0.4) is 0 Å². The molecule has 14 heavy (non-hydrogen) atoms. The average molecular weight is 211 g/mol. The van der Waals surface area contributed by atoms with Crippen LogP contribution in [0.15, 0.2) is 0 Å². The van der Waals surface area contributed by atoms with Gasteiger partial charge in [-0.3, -0.25) is 10.2 Å². The van der Waals surface area contributed by atoms with Crippen molar-refractivity contribution in [3.63, 3.8) is 0 Å². The van der Waals surface area contributed by atoms with Gasteiger partial charge in [0.15, 0.2) is 0 Å². The van der Waals surface area contributed by atoms with Crippen LogP contribution in [0.1, 0.15) is 46.1 Å². The molecule has 0 radical (unpaired) electrons. The van der Waals surface area contributed by atoms with Crippen LogP contribution in [0.5, 0.6) is 0 Å². The Morgan fingerprint density at radius 2 is 2.43 bits per heavy atom. The standard InChI is InChI=1S/C9H13N3OS/c1-2-6-7(8(13)12-10)14-9(11-6)5-3-4-5/h5H,2-4,10H2,1H3,(H,12,13). The van der Waals surface area contributed by atoms with Gasteiger partial charge < -0.3 is 0 Å². The molecule has 0 aliphatic heterocycles. The molecule has 0 unspecified atom stereocenters. The first-order valence-corrected chi connectivity index (χ1v) is 5.58. The van der Waals surface area contributed by atoms with Crippen LogP contribution in [-0.2, 0) is 6.42 Å². The van der Waals surface area contributed by atoms with E-state index in [4.69, 9.17) is 5.84 Å². The smallest absolute Gasteiger partial charge is 0.277 e. The second-order valence-corrected chi connectivity index (χ2v) is 4.46. The molecule has 0 atom stereocenters. The van der Waals surface area contributed by atoms with Gasteiger partial charge in [0.2, 0.25) is 0 Å². The lowest BCUT2D eigenvalue weighted by molar-refractivity contribution is 0.0956. The molecule has 1 aromatic rings. The highest BCUT2D eigenvalue weighted by Crippen LogP contribution is 2.42. The maximum Gasteiger partial charge on any atom is 0.277 e. The molecule has 0 bridgehead atoms. The predicted octanol–water partition coefficient (Wildman–Crippen LogP) is 1.19. The summed E-state index contributed by atoms with van der Waals surface area (Å²) in [7, 11) is 0. The van der Waals surface area contributed by atoms with E-state index in [1.165, 1.54) is 24.2 Å². The number of aryl methyl sites for hydroxylation is 1. The van der Waals surface area contributed by atoms with Crippen molar-refractivity contribution in [3.8, 4) is 0 Å². The van der Waals surface area contributed by atoms with Gasteiger partial charge in [-0.05, 0) is 19.3 Å². The van der Waals surface area contributed by atoms with Crippen molar-refractivity contribution in [2.24, 2.45) is 5.84 Å². The number of nitrogens with zero attached hydrogens (tertiary/aromatic N) is 1. The Labute approximate surface area is 86.5 Å². The van der Waals surface area contributed by atoms with Gasteiger partial charge in [-0.2, -0.15) is 0 Å². The Morgan fingerprint density at radius 1 is 1.71 bits per heavy atom. The van der Waals surface area contributed by atoms with E-state index in [9.17, 15) is 4.79 Å². The zero-order valence-electron chi connectivity index (χ0n) is 8.04. The third-order valence-electron chi connectivity index (χ3n) is 2.31. The van der Waals surface area contributed by atoms with Crippen molar-refractivity contribution >= 4 is 17.2 Å². The van der Waals surface area contributed by atoms with E-state index in [0.29, 0.717) is 10.8 Å². The number of rotatable bonds is 3. The minimum atomic E-state index is -0.216. The molecule has 4 nitrogen and oxygen atoms in total. The highest BCUT2D eigenvalue weighted by Gasteiger charge is 2.29. The van der Waals surface area contributed by atoms with Crippen LogP contribution in [0.4, 0.5) is 0 Å². The second-order valence-electron chi connectivity index (χ2n) is 3.43. The van der Waals surface area contributed by atoms with E-state index >= 15 is 0 Å². The van der Waals surface area contributed by atoms with E-state index in [1.54, 1.807) is 0 Å².